The molecule has 2 atom stereocenters. The Kier molecular flexibility index (Phi) is 4.45. The summed E-state index contributed by atoms with van der Waals surface area (Å²) in [5.41, 5.74) is 0. The first kappa shape index (κ1) is 14.3. The topological polar surface area (TPSA) is 59.1 Å². The van der Waals surface area contributed by atoms with Crippen LogP contribution in [0.25, 0.3) is 0 Å². The molecule has 0 bridgehead atoms. The maximum atomic E-state index is 11.7. The summed E-state index contributed by atoms with van der Waals surface area (Å²) in [5.74, 6) is 1.80. The Labute approximate surface area is 115 Å². The van der Waals surface area contributed by atoms with Crippen molar-refractivity contribution in [2.45, 2.75) is 37.5 Å². The number of nitrogens with zero attached hydrogens (tertiary/aromatic N) is 1. The first-order chi connectivity index (χ1) is 8.98. The van der Waals surface area contributed by atoms with Gasteiger partial charge in [-0.3, -0.25) is 0 Å². The lowest BCUT2D eigenvalue weighted by molar-refractivity contribution is 0.268. The summed E-state index contributed by atoms with van der Waals surface area (Å²) >= 11 is 0. The molecule has 0 saturated heterocycles. The Balaban J connectivity index is 2.07. The van der Waals surface area contributed by atoms with Gasteiger partial charge in [-0.05, 0) is 30.4 Å². The lowest BCUT2D eigenvalue weighted by atomic mass is 9.80. The van der Waals surface area contributed by atoms with Gasteiger partial charge < -0.3 is 5.32 Å². The van der Waals surface area contributed by atoms with E-state index in [1.165, 1.54) is 31.9 Å². The Morgan fingerprint density at radius 3 is 2.79 bits per heavy atom. The Morgan fingerprint density at radius 2 is 2.11 bits per heavy atom. The third-order valence-electron chi connectivity index (χ3n) is 3.99. The van der Waals surface area contributed by atoms with Gasteiger partial charge in [-0.25, -0.2) is 13.4 Å². The van der Waals surface area contributed by atoms with Crippen molar-refractivity contribution in [3.05, 3.63) is 18.3 Å². The highest BCUT2D eigenvalue weighted by molar-refractivity contribution is 7.90. The maximum Gasteiger partial charge on any atom is 0.179 e. The van der Waals surface area contributed by atoms with E-state index >= 15 is 0 Å². The van der Waals surface area contributed by atoms with E-state index in [0.717, 1.165) is 6.54 Å². The van der Waals surface area contributed by atoms with Crippen molar-refractivity contribution < 1.29 is 8.42 Å². The molecule has 1 aliphatic rings. The molecule has 2 rings (SSSR count). The van der Waals surface area contributed by atoms with E-state index in [4.69, 9.17) is 0 Å². The Morgan fingerprint density at radius 1 is 1.37 bits per heavy atom. The third kappa shape index (κ3) is 3.69. The van der Waals surface area contributed by atoms with Crippen LogP contribution in [0.2, 0.25) is 0 Å². The first-order valence-corrected chi connectivity index (χ1v) is 8.76. The molecule has 0 radical (unpaired) electrons. The fourth-order valence-corrected chi connectivity index (χ4v) is 3.55. The van der Waals surface area contributed by atoms with Crippen LogP contribution < -0.4 is 5.32 Å². The van der Waals surface area contributed by atoms with Crippen molar-refractivity contribution in [1.29, 1.82) is 0 Å². The van der Waals surface area contributed by atoms with Gasteiger partial charge >= 0.3 is 0 Å². The Bertz CT molecular complexity index is 528. The van der Waals surface area contributed by atoms with Crippen molar-refractivity contribution in [2.24, 2.45) is 11.8 Å². The molecule has 2 unspecified atom stereocenters. The normalized spacial score (nSPS) is 24.1. The van der Waals surface area contributed by atoms with Crippen LogP contribution in [-0.2, 0) is 9.84 Å². The molecule has 0 spiro atoms. The number of nitrogens with one attached hydrogen (secondary N) is 1. The molecule has 1 N–H and O–H groups in total. The lowest BCUT2D eigenvalue weighted by Gasteiger charge is -2.29. The quantitative estimate of drug-likeness (QED) is 0.922. The molecule has 1 heterocycles. The van der Waals surface area contributed by atoms with Crippen molar-refractivity contribution >= 4 is 15.7 Å². The molecule has 1 aromatic rings. The molecular formula is C14H22N2O2S. The molecular weight excluding hydrogens is 260 g/mol. The summed E-state index contributed by atoms with van der Waals surface area (Å²) in [5, 5.41) is 3.23. The highest BCUT2D eigenvalue weighted by atomic mass is 32.2. The number of sulfone groups is 1. The standard InChI is InChI=1S/C14H22N2O2S/c1-11-6-3-4-7-12(11)10-16-14-13(19(2,17)18)8-5-9-15-14/h5,8-9,11-12H,3-4,6-7,10H2,1-2H3,(H,15,16). The van der Waals surface area contributed by atoms with Gasteiger partial charge in [-0.1, -0.05) is 26.2 Å². The second kappa shape index (κ2) is 5.90. The zero-order valence-electron chi connectivity index (χ0n) is 11.6. The minimum atomic E-state index is -3.22. The minimum absolute atomic E-state index is 0.290. The molecule has 106 valence electrons. The summed E-state index contributed by atoms with van der Waals surface area (Å²) < 4.78 is 23.4. The molecule has 4 nitrogen and oxygen atoms in total. The van der Waals surface area contributed by atoms with E-state index in [9.17, 15) is 8.42 Å². The minimum Gasteiger partial charge on any atom is -0.369 e. The second-order valence-electron chi connectivity index (χ2n) is 5.53. The van der Waals surface area contributed by atoms with Gasteiger partial charge in [-0.2, -0.15) is 0 Å². The molecule has 1 saturated carbocycles. The maximum absolute atomic E-state index is 11.7. The van der Waals surface area contributed by atoms with E-state index in [2.05, 4.69) is 17.2 Å². The van der Waals surface area contributed by atoms with Gasteiger partial charge in [0.15, 0.2) is 9.84 Å². The summed E-state index contributed by atoms with van der Waals surface area (Å²) in [6.07, 6.45) is 7.93. The fraction of sp³-hybridized carbons (Fsp3) is 0.643. The van der Waals surface area contributed by atoms with E-state index < -0.39 is 9.84 Å². The monoisotopic (exact) mass is 282 g/mol. The largest absolute Gasteiger partial charge is 0.369 e. The number of aromatic nitrogens is 1. The van der Waals surface area contributed by atoms with Crippen molar-refractivity contribution in [3.8, 4) is 0 Å². The van der Waals surface area contributed by atoms with Gasteiger partial charge in [0.05, 0.1) is 0 Å². The summed E-state index contributed by atoms with van der Waals surface area (Å²) in [6, 6.07) is 3.26. The molecule has 1 fully saturated rings. The molecule has 1 aliphatic carbocycles. The number of rotatable bonds is 4. The number of pyridine rings is 1. The molecule has 0 aliphatic heterocycles. The van der Waals surface area contributed by atoms with Crippen LogP contribution in [0.15, 0.2) is 23.2 Å². The van der Waals surface area contributed by atoms with Crippen molar-refractivity contribution in [3.63, 3.8) is 0 Å². The van der Waals surface area contributed by atoms with Gasteiger partial charge in [0.1, 0.15) is 10.7 Å². The summed E-state index contributed by atoms with van der Waals surface area (Å²) in [4.78, 5) is 4.45. The molecule has 1 aromatic heterocycles. The van der Waals surface area contributed by atoms with E-state index in [-0.39, 0.29) is 0 Å². The number of anilines is 1. The van der Waals surface area contributed by atoms with Crippen LogP contribution in [0.3, 0.4) is 0 Å². The van der Waals surface area contributed by atoms with E-state index in [1.54, 1.807) is 18.3 Å². The zero-order chi connectivity index (χ0) is 13.9. The highest BCUT2D eigenvalue weighted by Crippen LogP contribution is 2.30. The Hall–Kier alpha value is -1.10. The third-order valence-corrected chi connectivity index (χ3v) is 5.12. The van der Waals surface area contributed by atoms with Gasteiger partial charge in [0.2, 0.25) is 0 Å². The van der Waals surface area contributed by atoms with Crippen molar-refractivity contribution in [2.75, 3.05) is 18.1 Å². The van der Waals surface area contributed by atoms with Crippen LogP contribution in [-0.4, -0.2) is 26.2 Å². The van der Waals surface area contributed by atoms with Gasteiger partial charge in [-0.15, -0.1) is 0 Å². The van der Waals surface area contributed by atoms with Crippen LogP contribution in [0.5, 0.6) is 0 Å². The fourth-order valence-electron chi connectivity index (χ4n) is 2.75. The smallest absolute Gasteiger partial charge is 0.179 e. The summed E-state index contributed by atoms with van der Waals surface area (Å²) in [7, 11) is -3.22. The predicted molar refractivity (Wildman–Crippen MR) is 77.0 cm³/mol. The van der Waals surface area contributed by atoms with Crippen LogP contribution in [0.4, 0.5) is 5.82 Å². The first-order valence-electron chi connectivity index (χ1n) is 6.87. The van der Waals surface area contributed by atoms with E-state index in [0.29, 0.717) is 22.5 Å². The number of hydrogen-bond acceptors (Lipinski definition) is 4. The summed E-state index contributed by atoms with van der Waals surface area (Å²) in [6.45, 7) is 3.09. The molecule has 0 amide bonds. The SMILES string of the molecule is CC1CCCCC1CNc1ncccc1S(C)(=O)=O. The van der Waals surface area contributed by atoms with Crippen LogP contribution >= 0.6 is 0 Å². The molecule has 5 heteroatoms. The highest BCUT2D eigenvalue weighted by Gasteiger charge is 2.22. The second-order valence-corrected chi connectivity index (χ2v) is 7.51. The molecule has 0 aromatic carbocycles. The number of hydrogen-bond donors (Lipinski definition) is 1. The van der Waals surface area contributed by atoms with Gasteiger partial charge in [0, 0.05) is 19.0 Å². The van der Waals surface area contributed by atoms with Crippen LogP contribution in [0.1, 0.15) is 32.6 Å². The molecule has 19 heavy (non-hydrogen) atoms. The van der Waals surface area contributed by atoms with Crippen molar-refractivity contribution in [1.82, 2.24) is 4.98 Å². The average molecular weight is 282 g/mol. The average Bonchev–Trinajstić information content (AvgIpc) is 2.37. The lowest BCUT2D eigenvalue weighted by Crippen LogP contribution is -2.25. The van der Waals surface area contributed by atoms with Crippen LogP contribution in [0, 0.1) is 11.8 Å². The van der Waals surface area contributed by atoms with E-state index in [1.807, 2.05) is 0 Å². The zero-order valence-corrected chi connectivity index (χ0v) is 12.4. The predicted octanol–water partition coefficient (Wildman–Crippen LogP) is 2.72. The van der Waals surface area contributed by atoms with Gasteiger partial charge in [0.25, 0.3) is 0 Å².